The molecular weight excluding hydrogens is 270 g/mol. The summed E-state index contributed by atoms with van der Waals surface area (Å²) < 4.78 is 0.999. The van der Waals surface area contributed by atoms with Gasteiger partial charge in [-0.25, -0.2) is 14.8 Å². The fourth-order valence-electron chi connectivity index (χ4n) is 1.62. The molecular formula is C11H6BrN3O. The Labute approximate surface area is 98.5 Å². The van der Waals surface area contributed by atoms with Gasteiger partial charge in [-0.15, -0.1) is 0 Å². The van der Waals surface area contributed by atoms with Crippen LogP contribution in [0, 0.1) is 0 Å². The van der Waals surface area contributed by atoms with Crippen molar-refractivity contribution < 1.29 is 0 Å². The van der Waals surface area contributed by atoms with Gasteiger partial charge in [0.2, 0.25) is 0 Å². The van der Waals surface area contributed by atoms with Gasteiger partial charge in [-0.2, -0.15) is 0 Å². The minimum absolute atomic E-state index is 0.378. The molecule has 4 nitrogen and oxygen atoms in total. The number of H-pyrrole nitrogens is 1. The van der Waals surface area contributed by atoms with Gasteiger partial charge in [0.05, 0.1) is 5.52 Å². The number of nitrogens with zero attached hydrogens (tertiary/aromatic N) is 2. The molecule has 0 spiro atoms. The van der Waals surface area contributed by atoms with E-state index in [1.165, 1.54) is 6.20 Å². The first-order chi connectivity index (χ1) is 7.72. The van der Waals surface area contributed by atoms with Gasteiger partial charge in [0.25, 0.3) is 0 Å². The van der Waals surface area contributed by atoms with Crippen molar-refractivity contribution in [3.63, 3.8) is 0 Å². The highest BCUT2D eigenvalue weighted by Gasteiger charge is 2.01. The summed E-state index contributed by atoms with van der Waals surface area (Å²) in [5.41, 5.74) is 1.03. The molecule has 0 aliphatic carbocycles. The molecule has 0 radical (unpaired) electrons. The Kier molecular flexibility index (Phi) is 2.00. The van der Waals surface area contributed by atoms with Crippen LogP contribution in [0.2, 0.25) is 0 Å². The minimum Gasteiger partial charge on any atom is -0.290 e. The second kappa shape index (κ2) is 3.38. The van der Waals surface area contributed by atoms with Crippen LogP contribution < -0.4 is 5.69 Å². The van der Waals surface area contributed by atoms with Crippen LogP contribution in [-0.2, 0) is 0 Å². The van der Waals surface area contributed by atoms with Crippen molar-refractivity contribution in [3.8, 4) is 0 Å². The van der Waals surface area contributed by atoms with Gasteiger partial charge in [-0.3, -0.25) is 4.98 Å². The highest BCUT2D eigenvalue weighted by Crippen LogP contribution is 2.20. The average molecular weight is 276 g/mol. The van der Waals surface area contributed by atoms with Crippen molar-refractivity contribution >= 4 is 37.9 Å². The Hall–Kier alpha value is -1.75. The van der Waals surface area contributed by atoms with E-state index in [1.807, 2.05) is 24.3 Å². The van der Waals surface area contributed by atoms with E-state index in [1.54, 1.807) is 0 Å². The largest absolute Gasteiger partial charge is 0.346 e. The first-order valence-corrected chi connectivity index (χ1v) is 5.47. The van der Waals surface area contributed by atoms with Gasteiger partial charge in [-0.05, 0) is 24.3 Å². The van der Waals surface area contributed by atoms with Crippen LogP contribution in [0.5, 0.6) is 0 Å². The monoisotopic (exact) mass is 275 g/mol. The smallest absolute Gasteiger partial charge is 0.290 e. The van der Waals surface area contributed by atoms with Crippen molar-refractivity contribution in [3.05, 3.63) is 45.4 Å². The molecule has 3 rings (SSSR count). The fraction of sp³-hybridized carbons (Fsp3) is 0. The van der Waals surface area contributed by atoms with E-state index in [0.717, 1.165) is 20.8 Å². The predicted molar refractivity (Wildman–Crippen MR) is 65.4 cm³/mol. The number of rotatable bonds is 0. The fourth-order valence-corrected chi connectivity index (χ4v) is 2.00. The third-order valence-corrected chi connectivity index (χ3v) is 2.85. The van der Waals surface area contributed by atoms with Crippen LogP contribution in [-0.4, -0.2) is 15.0 Å². The molecule has 0 fully saturated rings. The average Bonchev–Trinajstić information content (AvgIpc) is 2.26. The summed E-state index contributed by atoms with van der Waals surface area (Å²) in [6.45, 7) is 0. The molecule has 1 aromatic carbocycles. The summed E-state index contributed by atoms with van der Waals surface area (Å²) in [7, 11) is 0. The number of hydrogen-bond donors (Lipinski definition) is 1. The molecule has 16 heavy (non-hydrogen) atoms. The van der Waals surface area contributed by atoms with E-state index in [9.17, 15) is 4.79 Å². The second-order valence-electron chi connectivity index (χ2n) is 3.45. The van der Waals surface area contributed by atoms with E-state index in [-0.39, 0.29) is 5.69 Å². The van der Waals surface area contributed by atoms with Gasteiger partial charge in [-0.1, -0.05) is 15.9 Å². The predicted octanol–water partition coefficient (Wildman–Crippen LogP) is 2.23. The molecule has 0 unspecified atom stereocenters. The number of hydrogen-bond acceptors (Lipinski definition) is 3. The molecule has 2 aromatic heterocycles. The maximum absolute atomic E-state index is 11.1. The second-order valence-corrected chi connectivity index (χ2v) is 4.37. The minimum atomic E-state index is -0.378. The molecule has 3 aromatic rings. The van der Waals surface area contributed by atoms with Crippen LogP contribution in [0.25, 0.3) is 21.9 Å². The van der Waals surface area contributed by atoms with Gasteiger partial charge in [0.1, 0.15) is 5.65 Å². The lowest BCUT2D eigenvalue weighted by Crippen LogP contribution is -2.09. The summed E-state index contributed by atoms with van der Waals surface area (Å²) in [6.07, 6.45) is 1.53. The van der Waals surface area contributed by atoms with E-state index >= 15 is 0 Å². The molecule has 0 saturated carbocycles. The number of halogens is 1. The van der Waals surface area contributed by atoms with E-state index < -0.39 is 0 Å². The number of pyridine rings is 1. The molecule has 0 aliphatic heterocycles. The lowest BCUT2D eigenvalue weighted by Gasteiger charge is -2.00. The van der Waals surface area contributed by atoms with Crippen LogP contribution >= 0.6 is 15.9 Å². The van der Waals surface area contributed by atoms with Gasteiger partial charge >= 0.3 is 5.69 Å². The van der Waals surface area contributed by atoms with Crippen LogP contribution in [0.4, 0.5) is 0 Å². The van der Waals surface area contributed by atoms with E-state index in [0.29, 0.717) is 5.65 Å². The molecule has 2 heterocycles. The van der Waals surface area contributed by atoms with Gasteiger partial charge in [0.15, 0.2) is 0 Å². The standard InChI is InChI=1S/C11H6BrN3O/c12-8-1-2-9-6(4-8)3-7-5-13-11(16)15-10(7)14-9/h1-5H,(H,13,14,15,16). The molecule has 1 N–H and O–H groups in total. The first kappa shape index (κ1) is 9.47. The highest BCUT2D eigenvalue weighted by atomic mass is 79.9. The third kappa shape index (κ3) is 1.49. The molecule has 5 heteroatoms. The number of benzene rings is 1. The SMILES string of the molecule is O=c1ncc2cc3cc(Br)ccc3nc2[nH]1. The summed E-state index contributed by atoms with van der Waals surface area (Å²) in [6, 6.07) is 7.75. The number of fused-ring (bicyclic) bond motifs is 2. The topological polar surface area (TPSA) is 58.6 Å². The summed E-state index contributed by atoms with van der Waals surface area (Å²) in [5, 5.41) is 1.83. The zero-order chi connectivity index (χ0) is 11.1. The summed E-state index contributed by atoms with van der Waals surface area (Å²) in [4.78, 5) is 21.7. The number of aromatic amines is 1. The van der Waals surface area contributed by atoms with Crippen molar-refractivity contribution in [2.45, 2.75) is 0 Å². The Balaban J connectivity index is 2.48. The lowest BCUT2D eigenvalue weighted by molar-refractivity contribution is 1.10. The molecule has 0 bridgehead atoms. The number of nitrogens with one attached hydrogen (secondary N) is 1. The zero-order valence-electron chi connectivity index (χ0n) is 8.07. The first-order valence-electron chi connectivity index (χ1n) is 4.68. The quantitative estimate of drug-likeness (QED) is 0.640. The Morgan fingerprint density at radius 2 is 2.06 bits per heavy atom. The Morgan fingerprint density at radius 1 is 1.19 bits per heavy atom. The van der Waals surface area contributed by atoms with Crippen LogP contribution in [0.3, 0.4) is 0 Å². The number of aromatic nitrogens is 3. The zero-order valence-corrected chi connectivity index (χ0v) is 9.65. The Bertz CT molecular complexity index is 751. The molecule has 0 amide bonds. The van der Waals surface area contributed by atoms with Crippen molar-refractivity contribution in [2.75, 3.05) is 0 Å². The molecule has 78 valence electrons. The highest BCUT2D eigenvalue weighted by molar-refractivity contribution is 9.10. The summed E-state index contributed by atoms with van der Waals surface area (Å²) >= 11 is 3.41. The van der Waals surface area contributed by atoms with Crippen molar-refractivity contribution in [1.29, 1.82) is 0 Å². The van der Waals surface area contributed by atoms with Crippen LogP contribution in [0.15, 0.2) is 39.7 Å². The van der Waals surface area contributed by atoms with Gasteiger partial charge < -0.3 is 0 Å². The van der Waals surface area contributed by atoms with Crippen LogP contribution in [0.1, 0.15) is 0 Å². The molecule has 0 atom stereocenters. The Morgan fingerprint density at radius 3 is 2.94 bits per heavy atom. The lowest BCUT2D eigenvalue weighted by atomic mass is 10.2. The maximum atomic E-state index is 11.1. The van der Waals surface area contributed by atoms with E-state index in [4.69, 9.17) is 0 Å². The van der Waals surface area contributed by atoms with Gasteiger partial charge in [0, 0.05) is 21.4 Å². The molecule has 0 aliphatic rings. The summed E-state index contributed by atoms with van der Waals surface area (Å²) in [5.74, 6) is 0. The normalized spacial score (nSPS) is 11.1. The third-order valence-electron chi connectivity index (χ3n) is 2.35. The van der Waals surface area contributed by atoms with E-state index in [2.05, 4.69) is 30.9 Å². The molecule has 0 saturated heterocycles. The van der Waals surface area contributed by atoms with Crippen molar-refractivity contribution in [2.24, 2.45) is 0 Å². The maximum Gasteiger partial charge on any atom is 0.346 e. The van der Waals surface area contributed by atoms with Crippen molar-refractivity contribution in [1.82, 2.24) is 15.0 Å².